The van der Waals surface area contributed by atoms with Crippen molar-refractivity contribution >= 4 is 33.1 Å². The zero-order valence-corrected chi connectivity index (χ0v) is 15.1. The van der Waals surface area contributed by atoms with Crippen LogP contribution in [0.5, 0.6) is 0 Å². The molecule has 4 rings (SSSR count). The summed E-state index contributed by atoms with van der Waals surface area (Å²) in [4.78, 5) is 19.4. The van der Waals surface area contributed by atoms with Crippen LogP contribution < -0.4 is 5.32 Å². The number of amides is 1. The number of likely N-dealkylation sites (tertiary alicyclic amines) is 1. The molecule has 2 aromatic carbocycles. The van der Waals surface area contributed by atoms with E-state index in [0.717, 1.165) is 36.3 Å². The molecule has 0 aliphatic carbocycles. The average molecular weight is 369 g/mol. The predicted molar refractivity (Wildman–Crippen MR) is 103 cm³/mol. The second-order valence-corrected chi connectivity index (χ2v) is 7.62. The fourth-order valence-corrected chi connectivity index (χ4v) is 4.58. The van der Waals surface area contributed by atoms with Crippen LogP contribution in [0.25, 0.3) is 10.2 Å². The number of rotatable bonds is 4. The van der Waals surface area contributed by atoms with E-state index in [-0.39, 0.29) is 24.3 Å². The van der Waals surface area contributed by atoms with E-state index in [1.165, 1.54) is 16.8 Å². The van der Waals surface area contributed by atoms with E-state index in [2.05, 4.69) is 16.3 Å². The van der Waals surface area contributed by atoms with E-state index in [1.807, 2.05) is 18.2 Å². The van der Waals surface area contributed by atoms with Crippen molar-refractivity contribution < 1.29 is 9.18 Å². The fraction of sp³-hybridized carbons (Fsp3) is 0.300. The average Bonchev–Trinajstić information content (AvgIpc) is 3.06. The molecule has 0 spiro atoms. The van der Waals surface area contributed by atoms with Gasteiger partial charge in [0, 0.05) is 5.69 Å². The molecule has 1 atom stereocenters. The van der Waals surface area contributed by atoms with Crippen molar-refractivity contribution in [1.29, 1.82) is 0 Å². The Kier molecular flexibility index (Phi) is 4.95. The number of halogens is 1. The van der Waals surface area contributed by atoms with Crippen molar-refractivity contribution in [3.05, 3.63) is 59.4 Å². The van der Waals surface area contributed by atoms with Crippen LogP contribution in [-0.2, 0) is 4.79 Å². The van der Waals surface area contributed by atoms with Crippen molar-refractivity contribution in [1.82, 2.24) is 9.88 Å². The van der Waals surface area contributed by atoms with E-state index >= 15 is 0 Å². The Bertz CT molecular complexity index is 893. The number of carbonyl (C=O) groups is 1. The van der Waals surface area contributed by atoms with Crippen LogP contribution in [-0.4, -0.2) is 28.9 Å². The lowest BCUT2D eigenvalue weighted by atomic mass is 10.0. The fourth-order valence-electron chi connectivity index (χ4n) is 3.44. The summed E-state index contributed by atoms with van der Waals surface area (Å²) in [5.41, 5.74) is 1.51. The summed E-state index contributed by atoms with van der Waals surface area (Å²) in [6.45, 7) is 1.16. The topological polar surface area (TPSA) is 45.2 Å². The molecule has 4 nitrogen and oxygen atoms in total. The Morgan fingerprint density at radius 3 is 2.96 bits per heavy atom. The zero-order chi connectivity index (χ0) is 17.9. The SMILES string of the molecule is O=C(CN1CCCC[C@@H]1c1nc2ccccc2s1)Nc1cccc(F)c1. The van der Waals surface area contributed by atoms with Gasteiger partial charge in [-0.15, -0.1) is 11.3 Å². The van der Waals surface area contributed by atoms with Gasteiger partial charge in [-0.05, 0) is 49.7 Å². The molecular formula is C20H20FN3OS. The highest BCUT2D eigenvalue weighted by Crippen LogP contribution is 2.35. The third kappa shape index (κ3) is 3.76. The normalized spacial score (nSPS) is 18.1. The standard InChI is InChI=1S/C20H20FN3OS/c21-14-6-5-7-15(12-14)22-19(25)13-24-11-4-3-9-17(24)20-23-16-8-1-2-10-18(16)26-20/h1-2,5-8,10,12,17H,3-4,9,11,13H2,(H,22,25)/t17-/m1/s1. The summed E-state index contributed by atoms with van der Waals surface area (Å²) in [6.07, 6.45) is 3.23. The second-order valence-electron chi connectivity index (χ2n) is 6.56. The minimum Gasteiger partial charge on any atom is -0.325 e. The molecule has 0 unspecified atom stereocenters. The summed E-state index contributed by atoms with van der Waals surface area (Å²) >= 11 is 1.71. The van der Waals surface area contributed by atoms with E-state index in [4.69, 9.17) is 4.98 Å². The van der Waals surface area contributed by atoms with Crippen LogP contribution in [0.3, 0.4) is 0 Å². The van der Waals surface area contributed by atoms with Gasteiger partial charge in [0.25, 0.3) is 0 Å². The summed E-state index contributed by atoms with van der Waals surface area (Å²) in [6, 6.07) is 14.3. The van der Waals surface area contributed by atoms with Gasteiger partial charge in [-0.1, -0.05) is 24.6 Å². The Labute approximate surface area is 155 Å². The minimum absolute atomic E-state index is 0.122. The van der Waals surface area contributed by atoms with Gasteiger partial charge < -0.3 is 5.32 Å². The highest BCUT2D eigenvalue weighted by molar-refractivity contribution is 7.18. The molecule has 1 aromatic heterocycles. The van der Waals surface area contributed by atoms with E-state index in [0.29, 0.717) is 5.69 Å². The number of para-hydroxylation sites is 1. The quantitative estimate of drug-likeness (QED) is 0.731. The first kappa shape index (κ1) is 17.1. The molecule has 0 bridgehead atoms. The van der Waals surface area contributed by atoms with Crippen LogP contribution in [0.15, 0.2) is 48.5 Å². The highest BCUT2D eigenvalue weighted by Gasteiger charge is 2.28. The van der Waals surface area contributed by atoms with Crippen LogP contribution in [0.1, 0.15) is 30.3 Å². The summed E-state index contributed by atoms with van der Waals surface area (Å²) in [5.74, 6) is -0.475. The molecule has 1 amide bonds. The molecule has 3 aromatic rings. The molecular weight excluding hydrogens is 349 g/mol. The number of benzene rings is 2. The molecule has 2 heterocycles. The molecule has 1 aliphatic rings. The molecule has 0 radical (unpaired) electrons. The zero-order valence-electron chi connectivity index (χ0n) is 14.3. The molecule has 1 saturated heterocycles. The van der Waals surface area contributed by atoms with Crippen LogP contribution in [0, 0.1) is 5.82 Å². The molecule has 6 heteroatoms. The van der Waals surface area contributed by atoms with Gasteiger partial charge in [0.05, 0.1) is 22.8 Å². The molecule has 1 N–H and O–H groups in total. The lowest BCUT2D eigenvalue weighted by Crippen LogP contribution is -2.39. The third-order valence-electron chi connectivity index (χ3n) is 4.66. The largest absolute Gasteiger partial charge is 0.325 e. The van der Waals surface area contributed by atoms with E-state index < -0.39 is 0 Å². The van der Waals surface area contributed by atoms with E-state index in [1.54, 1.807) is 23.5 Å². The Morgan fingerprint density at radius 2 is 2.12 bits per heavy atom. The van der Waals surface area contributed by atoms with Gasteiger partial charge >= 0.3 is 0 Å². The van der Waals surface area contributed by atoms with E-state index in [9.17, 15) is 9.18 Å². The number of hydrogen-bond acceptors (Lipinski definition) is 4. The maximum atomic E-state index is 13.3. The predicted octanol–water partition coefficient (Wildman–Crippen LogP) is 4.60. The molecule has 0 saturated carbocycles. The number of nitrogens with zero attached hydrogens (tertiary/aromatic N) is 2. The van der Waals surface area contributed by atoms with Crippen molar-refractivity contribution in [2.45, 2.75) is 25.3 Å². The van der Waals surface area contributed by atoms with Crippen molar-refractivity contribution in [3.8, 4) is 0 Å². The lowest BCUT2D eigenvalue weighted by molar-refractivity contribution is -0.118. The first-order chi connectivity index (χ1) is 12.7. The first-order valence-corrected chi connectivity index (χ1v) is 9.65. The monoisotopic (exact) mass is 369 g/mol. The van der Waals surface area contributed by atoms with Crippen LogP contribution in [0.4, 0.5) is 10.1 Å². The Balaban J connectivity index is 1.49. The smallest absolute Gasteiger partial charge is 0.238 e. The summed E-state index contributed by atoms with van der Waals surface area (Å²) in [5, 5.41) is 3.86. The van der Waals surface area contributed by atoms with Gasteiger partial charge in [0.2, 0.25) is 5.91 Å². The summed E-state index contributed by atoms with van der Waals surface area (Å²) in [7, 11) is 0. The second kappa shape index (κ2) is 7.51. The number of piperidine rings is 1. The van der Waals surface area contributed by atoms with Crippen LogP contribution in [0.2, 0.25) is 0 Å². The Hall–Kier alpha value is -2.31. The highest BCUT2D eigenvalue weighted by atomic mass is 32.1. The summed E-state index contributed by atoms with van der Waals surface area (Å²) < 4.78 is 14.5. The van der Waals surface area contributed by atoms with Crippen molar-refractivity contribution in [3.63, 3.8) is 0 Å². The number of fused-ring (bicyclic) bond motifs is 1. The van der Waals surface area contributed by atoms with Crippen molar-refractivity contribution in [2.75, 3.05) is 18.4 Å². The minimum atomic E-state index is -0.354. The maximum Gasteiger partial charge on any atom is 0.238 e. The van der Waals surface area contributed by atoms with Crippen LogP contribution >= 0.6 is 11.3 Å². The lowest BCUT2D eigenvalue weighted by Gasteiger charge is -2.33. The number of hydrogen-bond donors (Lipinski definition) is 1. The van der Waals surface area contributed by atoms with Gasteiger partial charge in [-0.3, -0.25) is 9.69 Å². The number of anilines is 1. The molecule has 1 aliphatic heterocycles. The number of aromatic nitrogens is 1. The van der Waals surface area contributed by atoms with Crippen molar-refractivity contribution in [2.24, 2.45) is 0 Å². The number of carbonyl (C=O) groups excluding carboxylic acids is 1. The molecule has 134 valence electrons. The van der Waals surface area contributed by atoms with Gasteiger partial charge in [0.15, 0.2) is 0 Å². The third-order valence-corrected chi connectivity index (χ3v) is 5.80. The van der Waals surface area contributed by atoms with Gasteiger partial charge in [-0.25, -0.2) is 9.37 Å². The molecule has 26 heavy (non-hydrogen) atoms. The Morgan fingerprint density at radius 1 is 1.23 bits per heavy atom. The first-order valence-electron chi connectivity index (χ1n) is 8.84. The number of thiazole rings is 1. The molecule has 1 fully saturated rings. The van der Waals surface area contributed by atoms with Gasteiger partial charge in [0.1, 0.15) is 10.8 Å². The number of nitrogens with one attached hydrogen (secondary N) is 1. The van der Waals surface area contributed by atoms with Gasteiger partial charge in [-0.2, -0.15) is 0 Å². The maximum absolute atomic E-state index is 13.3.